The molecule has 1 heterocycles. The number of ether oxygens (including phenoxy) is 3. The van der Waals surface area contributed by atoms with E-state index in [1.165, 1.54) is 5.56 Å². The highest BCUT2D eigenvalue weighted by molar-refractivity contribution is 5.97. The second kappa shape index (κ2) is 8.91. The molecule has 5 heteroatoms. The minimum atomic E-state index is -0.0264. The molecule has 1 amide bonds. The maximum absolute atomic E-state index is 13.1. The molecule has 0 radical (unpaired) electrons. The lowest BCUT2D eigenvalue weighted by atomic mass is 9.98. The molecule has 1 aliphatic heterocycles. The van der Waals surface area contributed by atoms with Gasteiger partial charge < -0.3 is 19.1 Å². The first kappa shape index (κ1) is 19.8. The minimum absolute atomic E-state index is 0.0264. The molecule has 5 nitrogen and oxygen atoms in total. The van der Waals surface area contributed by atoms with Crippen molar-refractivity contribution < 1.29 is 19.0 Å². The Morgan fingerprint density at radius 3 is 2.33 bits per heavy atom. The van der Waals surface area contributed by atoms with E-state index in [4.69, 9.17) is 14.2 Å². The van der Waals surface area contributed by atoms with Crippen LogP contribution in [0, 0.1) is 0 Å². The highest BCUT2D eigenvalue weighted by atomic mass is 16.5. The van der Waals surface area contributed by atoms with Gasteiger partial charge in [0.2, 0.25) is 0 Å². The highest BCUT2D eigenvalue weighted by Crippen LogP contribution is 2.34. The molecule has 0 spiro atoms. The van der Waals surface area contributed by atoms with Gasteiger partial charge in [-0.05, 0) is 47.4 Å². The summed E-state index contributed by atoms with van der Waals surface area (Å²) in [6.07, 6.45) is 0.766. The molecule has 4 rings (SSSR count). The van der Waals surface area contributed by atoms with Crippen LogP contribution in [0.2, 0.25) is 0 Å². The summed E-state index contributed by atoms with van der Waals surface area (Å²) in [5.74, 6) is 1.97. The molecule has 0 aliphatic carbocycles. The van der Waals surface area contributed by atoms with Gasteiger partial charge in [-0.2, -0.15) is 0 Å². The molecule has 0 bridgehead atoms. The smallest absolute Gasteiger partial charge is 0.257 e. The molecular formula is C25H25NO4. The molecule has 0 saturated heterocycles. The topological polar surface area (TPSA) is 48.0 Å². The first-order valence-electron chi connectivity index (χ1n) is 9.98. The normalized spacial score (nSPS) is 12.8. The standard InChI is InChI=1S/C25H25NO4/c1-28-22-11-7-6-10-21(22)25(27)26-13-12-19-14-24(23(29-2)15-20(19)16-26)30-17-18-8-4-3-5-9-18/h3-11,14-15H,12-13,16-17H2,1-2H3. The van der Waals surface area contributed by atoms with Crippen molar-refractivity contribution in [2.24, 2.45) is 0 Å². The number of para-hydroxylation sites is 1. The first-order valence-corrected chi connectivity index (χ1v) is 9.98. The van der Waals surface area contributed by atoms with Crippen LogP contribution in [-0.4, -0.2) is 31.6 Å². The zero-order valence-corrected chi connectivity index (χ0v) is 17.3. The molecule has 30 heavy (non-hydrogen) atoms. The molecule has 0 fully saturated rings. The third-order valence-corrected chi connectivity index (χ3v) is 5.36. The van der Waals surface area contributed by atoms with E-state index in [0.717, 1.165) is 23.3 Å². The van der Waals surface area contributed by atoms with Gasteiger partial charge in [-0.15, -0.1) is 0 Å². The maximum Gasteiger partial charge on any atom is 0.257 e. The second-order valence-electron chi connectivity index (χ2n) is 7.22. The van der Waals surface area contributed by atoms with Gasteiger partial charge in [0.05, 0.1) is 19.8 Å². The van der Waals surface area contributed by atoms with Gasteiger partial charge in [0.15, 0.2) is 11.5 Å². The van der Waals surface area contributed by atoms with Crippen LogP contribution in [-0.2, 0) is 19.6 Å². The molecule has 1 aliphatic rings. The zero-order valence-electron chi connectivity index (χ0n) is 17.3. The van der Waals surface area contributed by atoms with Crippen LogP contribution in [0.25, 0.3) is 0 Å². The molecule has 0 aromatic heterocycles. The lowest BCUT2D eigenvalue weighted by Gasteiger charge is -2.30. The maximum atomic E-state index is 13.1. The molecule has 154 valence electrons. The summed E-state index contributed by atoms with van der Waals surface area (Å²) in [5.41, 5.74) is 3.94. The molecule has 0 atom stereocenters. The molecule has 3 aromatic rings. The van der Waals surface area contributed by atoms with E-state index in [1.807, 2.05) is 65.6 Å². The number of carbonyl (C=O) groups is 1. The Morgan fingerprint density at radius 1 is 0.867 bits per heavy atom. The average Bonchev–Trinajstić information content (AvgIpc) is 2.81. The average molecular weight is 403 g/mol. The summed E-state index contributed by atoms with van der Waals surface area (Å²) in [7, 11) is 3.22. The van der Waals surface area contributed by atoms with Gasteiger partial charge in [0.1, 0.15) is 12.4 Å². The van der Waals surface area contributed by atoms with Crippen molar-refractivity contribution in [2.75, 3.05) is 20.8 Å². The van der Waals surface area contributed by atoms with Crippen molar-refractivity contribution in [3.8, 4) is 17.2 Å². The number of rotatable bonds is 6. The van der Waals surface area contributed by atoms with Crippen LogP contribution in [0.4, 0.5) is 0 Å². The Hall–Kier alpha value is -3.47. The summed E-state index contributed by atoms with van der Waals surface area (Å²) >= 11 is 0. The van der Waals surface area contributed by atoms with Gasteiger partial charge in [0, 0.05) is 13.1 Å². The lowest BCUT2D eigenvalue weighted by Crippen LogP contribution is -2.36. The number of fused-ring (bicyclic) bond motifs is 1. The van der Waals surface area contributed by atoms with E-state index in [-0.39, 0.29) is 5.91 Å². The zero-order chi connectivity index (χ0) is 20.9. The number of hydrogen-bond donors (Lipinski definition) is 0. The number of nitrogens with zero attached hydrogens (tertiary/aromatic N) is 1. The van der Waals surface area contributed by atoms with E-state index in [0.29, 0.717) is 36.8 Å². The van der Waals surface area contributed by atoms with Crippen molar-refractivity contribution in [3.63, 3.8) is 0 Å². The van der Waals surface area contributed by atoms with E-state index in [9.17, 15) is 4.79 Å². The van der Waals surface area contributed by atoms with E-state index < -0.39 is 0 Å². The van der Waals surface area contributed by atoms with Crippen molar-refractivity contribution in [1.29, 1.82) is 0 Å². The summed E-state index contributed by atoms with van der Waals surface area (Å²) in [6, 6.07) is 21.4. The third kappa shape index (κ3) is 4.10. The Labute approximate surface area is 176 Å². The number of methoxy groups -OCH3 is 2. The summed E-state index contributed by atoms with van der Waals surface area (Å²) in [6.45, 7) is 1.66. The monoisotopic (exact) mass is 403 g/mol. The van der Waals surface area contributed by atoms with Crippen LogP contribution in [0.15, 0.2) is 66.7 Å². The Bertz CT molecular complexity index is 1030. The summed E-state index contributed by atoms with van der Waals surface area (Å²) in [5, 5.41) is 0. The Balaban J connectivity index is 1.53. The third-order valence-electron chi connectivity index (χ3n) is 5.36. The van der Waals surface area contributed by atoms with E-state index in [1.54, 1.807) is 20.3 Å². The summed E-state index contributed by atoms with van der Waals surface area (Å²) in [4.78, 5) is 14.9. The molecular weight excluding hydrogens is 378 g/mol. The van der Waals surface area contributed by atoms with Crippen LogP contribution in [0.5, 0.6) is 17.2 Å². The van der Waals surface area contributed by atoms with Gasteiger partial charge in [-0.25, -0.2) is 0 Å². The van der Waals surface area contributed by atoms with Gasteiger partial charge in [-0.1, -0.05) is 42.5 Å². The fourth-order valence-electron chi connectivity index (χ4n) is 3.74. The SMILES string of the molecule is COc1cc2c(cc1OCc1ccccc1)CCN(C(=O)c1ccccc1OC)C2. The van der Waals surface area contributed by atoms with Gasteiger partial charge >= 0.3 is 0 Å². The predicted octanol–water partition coefficient (Wildman–Crippen LogP) is 4.48. The minimum Gasteiger partial charge on any atom is -0.496 e. The van der Waals surface area contributed by atoms with Crippen LogP contribution >= 0.6 is 0 Å². The van der Waals surface area contributed by atoms with Crippen molar-refractivity contribution in [1.82, 2.24) is 4.90 Å². The quantitative estimate of drug-likeness (QED) is 0.609. The van der Waals surface area contributed by atoms with E-state index >= 15 is 0 Å². The fraction of sp³-hybridized carbons (Fsp3) is 0.240. The van der Waals surface area contributed by atoms with Gasteiger partial charge in [-0.3, -0.25) is 4.79 Å². The molecule has 3 aromatic carbocycles. The van der Waals surface area contributed by atoms with Crippen molar-refractivity contribution in [2.45, 2.75) is 19.6 Å². The number of amides is 1. The van der Waals surface area contributed by atoms with Crippen LogP contribution in [0.3, 0.4) is 0 Å². The predicted molar refractivity (Wildman–Crippen MR) is 115 cm³/mol. The second-order valence-corrected chi connectivity index (χ2v) is 7.22. The lowest BCUT2D eigenvalue weighted by molar-refractivity contribution is 0.0731. The number of carbonyl (C=O) groups excluding carboxylic acids is 1. The van der Waals surface area contributed by atoms with Gasteiger partial charge in [0.25, 0.3) is 5.91 Å². The van der Waals surface area contributed by atoms with Crippen LogP contribution in [0.1, 0.15) is 27.0 Å². The number of benzene rings is 3. The molecule has 0 saturated carbocycles. The largest absolute Gasteiger partial charge is 0.496 e. The summed E-state index contributed by atoms with van der Waals surface area (Å²) < 4.78 is 17.0. The Kier molecular flexibility index (Phi) is 5.89. The van der Waals surface area contributed by atoms with Crippen molar-refractivity contribution >= 4 is 5.91 Å². The van der Waals surface area contributed by atoms with Crippen molar-refractivity contribution in [3.05, 3.63) is 89.0 Å². The fourth-order valence-corrected chi connectivity index (χ4v) is 3.74. The molecule has 0 N–H and O–H groups in total. The number of hydrogen-bond acceptors (Lipinski definition) is 4. The highest BCUT2D eigenvalue weighted by Gasteiger charge is 2.25. The first-order chi connectivity index (χ1) is 14.7. The Morgan fingerprint density at radius 2 is 1.57 bits per heavy atom. The molecule has 0 unspecified atom stereocenters. The van der Waals surface area contributed by atoms with Crippen LogP contribution < -0.4 is 14.2 Å². The van der Waals surface area contributed by atoms with E-state index in [2.05, 4.69) is 0 Å².